The maximum absolute atomic E-state index is 12.7. The third-order valence-corrected chi connectivity index (χ3v) is 4.48. The number of nitrogens with zero attached hydrogens (tertiary/aromatic N) is 1. The fourth-order valence-electron chi connectivity index (χ4n) is 2.84. The summed E-state index contributed by atoms with van der Waals surface area (Å²) in [4.78, 5) is 36.6. The Morgan fingerprint density at radius 2 is 1.75 bits per heavy atom. The molecule has 32 heavy (non-hydrogen) atoms. The lowest BCUT2D eigenvalue weighted by Gasteiger charge is -2.19. The first-order chi connectivity index (χ1) is 15.2. The number of carbonyl (C=O) groups excluding carboxylic acids is 2. The van der Waals surface area contributed by atoms with E-state index in [2.05, 4.69) is 10.6 Å². The molecule has 172 valence electrons. The van der Waals surface area contributed by atoms with Gasteiger partial charge >= 0.3 is 6.09 Å². The van der Waals surface area contributed by atoms with E-state index in [4.69, 9.17) is 16.3 Å². The second kappa shape index (κ2) is 12.1. The van der Waals surface area contributed by atoms with Crippen molar-refractivity contribution in [1.29, 1.82) is 0 Å². The van der Waals surface area contributed by atoms with Crippen LogP contribution in [0, 0.1) is 0 Å². The Labute approximate surface area is 193 Å². The lowest BCUT2D eigenvalue weighted by atomic mass is 10.2. The number of carbonyl (C=O) groups is 2. The van der Waals surface area contributed by atoms with Crippen LogP contribution in [-0.2, 0) is 11.3 Å². The molecule has 0 saturated heterocycles. The molecule has 8 heteroatoms. The zero-order chi connectivity index (χ0) is 23.6. The van der Waals surface area contributed by atoms with Crippen LogP contribution in [0.4, 0.5) is 4.79 Å². The number of rotatable bonds is 9. The van der Waals surface area contributed by atoms with Crippen LogP contribution in [0.15, 0.2) is 59.5 Å². The third kappa shape index (κ3) is 8.98. The average molecular weight is 460 g/mol. The Bertz CT molecular complexity index is 1010. The van der Waals surface area contributed by atoms with Crippen molar-refractivity contribution >= 4 is 23.6 Å². The Morgan fingerprint density at radius 3 is 2.41 bits per heavy atom. The smallest absolute Gasteiger partial charge is 0.407 e. The number of hydrogen-bond donors (Lipinski definition) is 2. The Morgan fingerprint density at radius 1 is 1.06 bits per heavy atom. The van der Waals surface area contributed by atoms with Crippen molar-refractivity contribution in [3.05, 3.63) is 81.3 Å². The van der Waals surface area contributed by atoms with Gasteiger partial charge in [-0.2, -0.15) is 0 Å². The fraction of sp³-hybridized carbons (Fsp3) is 0.375. The highest BCUT2D eigenvalue weighted by atomic mass is 35.5. The van der Waals surface area contributed by atoms with Gasteiger partial charge in [0.05, 0.1) is 6.54 Å². The number of ether oxygens (including phenoxy) is 1. The standard InChI is InChI=1S/C24H30ClN3O4/c1-24(2,3)32-23(31)27-14-7-5-4-6-13-26-21(29)20-12-9-15-28(22(20)30)17-18-10-8-11-19(25)16-18/h4-5,8-12,15-16H,6-7,13-14,17H2,1-3H3,(H,26,29)(H,27,31). The number of benzene rings is 1. The number of amides is 2. The number of aromatic nitrogens is 1. The molecule has 1 heterocycles. The van der Waals surface area contributed by atoms with Crippen LogP contribution >= 0.6 is 11.6 Å². The Balaban J connectivity index is 1.76. The monoisotopic (exact) mass is 459 g/mol. The first-order valence-corrected chi connectivity index (χ1v) is 10.9. The van der Waals surface area contributed by atoms with E-state index in [9.17, 15) is 14.4 Å². The van der Waals surface area contributed by atoms with E-state index < -0.39 is 17.6 Å². The highest BCUT2D eigenvalue weighted by Crippen LogP contribution is 2.11. The van der Waals surface area contributed by atoms with Gasteiger partial charge in [0.25, 0.3) is 11.5 Å². The second-order valence-corrected chi connectivity index (χ2v) is 8.65. The largest absolute Gasteiger partial charge is 0.444 e. The normalized spacial score (nSPS) is 11.4. The van der Waals surface area contributed by atoms with Gasteiger partial charge in [0, 0.05) is 24.3 Å². The van der Waals surface area contributed by atoms with Gasteiger partial charge in [-0.15, -0.1) is 0 Å². The van der Waals surface area contributed by atoms with Crippen molar-refractivity contribution in [2.45, 2.75) is 45.8 Å². The quantitative estimate of drug-likeness (QED) is 0.435. The van der Waals surface area contributed by atoms with Crippen molar-refractivity contribution in [3.63, 3.8) is 0 Å². The molecule has 1 aromatic carbocycles. The number of nitrogens with one attached hydrogen (secondary N) is 2. The lowest BCUT2D eigenvalue weighted by Crippen LogP contribution is -2.33. The Kier molecular flexibility index (Phi) is 9.53. The summed E-state index contributed by atoms with van der Waals surface area (Å²) >= 11 is 6.00. The minimum Gasteiger partial charge on any atom is -0.444 e. The van der Waals surface area contributed by atoms with Crippen LogP contribution in [0.1, 0.15) is 49.5 Å². The molecule has 2 amide bonds. The van der Waals surface area contributed by atoms with Crippen LogP contribution in [0.25, 0.3) is 0 Å². The summed E-state index contributed by atoms with van der Waals surface area (Å²) in [7, 11) is 0. The van der Waals surface area contributed by atoms with E-state index >= 15 is 0 Å². The molecule has 0 aliphatic heterocycles. The lowest BCUT2D eigenvalue weighted by molar-refractivity contribution is 0.0528. The summed E-state index contributed by atoms with van der Waals surface area (Å²) in [5, 5.41) is 6.03. The molecule has 0 fully saturated rings. The summed E-state index contributed by atoms with van der Waals surface area (Å²) in [5.41, 5.74) is 0.104. The van der Waals surface area contributed by atoms with Gasteiger partial charge in [-0.1, -0.05) is 35.9 Å². The van der Waals surface area contributed by atoms with Crippen molar-refractivity contribution in [2.24, 2.45) is 0 Å². The van der Waals surface area contributed by atoms with Crippen LogP contribution in [0.5, 0.6) is 0 Å². The average Bonchev–Trinajstić information content (AvgIpc) is 2.70. The van der Waals surface area contributed by atoms with E-state index in [1.54, 1.807) is 24.4 Å². The summed E-state index contributed by atoms with van der Waals surface area (Å²) in [6.45, 7) is 6.63. The van der Waals surface area contributed by atoms with Gasteiger partial charge in [0.15, 0.2) is 0 Å². The number of alkyl carbamates (subject to hydrolysis) is 1. The van der Waals surface area contributed by atoms with Crippen LogP contribution in [0.2, 0.25) is 5.02 Å². The number of halogens is 1. The molecule has 0 bridgehead atoms. The van der Waals surface area contributed by atoms with Gasteiger partial charge in [-0.3, -0.25) is 9.59 Å². The maximum Gasteiger partial charge on any atom is 0.407 e. The van der Waals surface area contributed by atoms with Crippen LogP contribution < -0.4 is 16.2 Å². The Hall–Kier alpha value is -3.06. The predicted molar refractivity (Wildman–Crippen MR) is 126 cm³/mol. The highest BCUT2D eigenvalue weighted by Gasteiger charge is 2.15. The van der Waals surface area contributed by atoms with Crippen LogP contribution in [0.3, 0.4) is 0 Å². The molecule has 2 N–H and O–H groups in total. The highest BCUT2D eigenvalue weighted by molar-refractivity contribution is 6.30. The van der Waals surface area contributed by atoms with E-state index in [1.807, 2.05) is 45.1 Å². The molecule has 0 saturated carbocycles. The van der Waals surface area contributed by atoms with Crippen molar-refractivity contribution < 1.29 is 14.3 Å². The van der Waals surface area contributed by atoms with E-state index in [-0.39, 0.29) is 11.1 Å². The fourth-order valence-corrected chi connectivity index (χ4v) is 3.05. The van der Waals surface area contributed by atoms with E-state index in [0.717, 1.165) is 5.56 Å². The molecule has 0 aliphatic carbocycles. The van der Waals surface area contributed by atoms with Gasteiger partial charge < -0.3 is 19.9 Å². The number of pyridine rings is 1. The summed E-state index contributed by atoms with van der Waals surface area (Å²) in [5.74, 6) is -0.407. The van der Waals surface area contributed by atoms with E-state index in [0.29, 0.717) is 37.5 Å². The first kappa shape index (κ1) is 25.2. The molecule has 0 spiro atoms. The van der Waals surface area contributed by atoms with Crippen molar-refractivity contribution in [3.8, 4) is 0 Å². The van der Waals surface area contributed by atoms with E-state index in [1.165, 1.54) is 10.6 Å². The molecular weight excluding hydrogens is 430 g/mol. The minimum atomic E-state index is -0.518. The molecule has 0 aliphatic rings. The van der Waals surface area contributed by atoms with Gasteiger partial charge in [0.1, 0.15) is 11.2 Å². The summed E-state index contributed by atoms with van der Waals surface area (Å²) in [6.07, 6.45) is 6.31. The molecular formula is C24H30ClN3O4. The van der Waals surface area contributed by atoms with Crippen molar-refractivity contribution in [1.82, 2.24) is 15.2 Å². The number of hydrogen-bond acceptors (Lipinski definition) is 4. The zero-order valence-corrected chi connectivity index (χ0v) is 19.4. The van der Waals surface area contributed by atoms with Gasteiger partial charge in [-0.05, 0) is 63.4 Å². The molecule has 0 unspecified atom stereocenters. The molecule has 2 aromatic rings. The first-order valence-electron chi connectivity index (χ1n) is 10.5. The summed E-state index contributed by atoms with van der Waals surface area (Å²) in [6, 6.07) is 10.4. The molecule has 2 rings (SSSR count). The zero-order valence-electron chi connectivity index (χ0n) is 18.7. The van der Waals surface area contributed by atoms with Gasteiger partial charge in [0.2, 0.25) is 0 Å². The molecule has 0 atom stereocenters. The summed E-state index contributed by atoms with van der Waals surface area (Å²) < 4.78 is 6.64. The maximum atomic E-state index is 12.7. The van der Waals surface area contributed by atoms with Crippen LogP contribution in [-0.4, -0.2) is 35.3 Å². The van der Waals surface area contributed by atoms with Crippen molar-refractivity contribution in [2.75, 3.05) is 13.1 Å². The molecule has 7 nitrogen and oxygen atoms in total. The van der Waals surface area contributed by atoms with Gasteiger partial charge in [-0.25, -0.2) is 4.79 Å². The SMILES string of the molecule is CC(C)(C)OC(=O)NCCC=CCCNC(=O)c1cccn(Cc2cccc(Cl)c2)c1=O. The topological polar surface area (TPSA) is 89.4 Å². The third-order valence-electron chi connectivity index (χ3n) is 4.25. The molecule has 1 aromatic heterocycles. The molecule has 0 radical (unpaired) electrons. The second-order valence-electron chi connectivity index (χ2n) is 8.22. The predicted octanol–water partition coefficient (Wildman–Crippen LogP) is 4.14. The minimum absolute atomic E-state index is 0.0973.